The molecule has 2 amide bonds. The maximum atomic E-state index is 13.6. The third kappa shape index (κ3) is 3.22. The van der Waals surface area contributed by atoms with Gasteiger partial charge in [-0.15, -0.1) is 0 Å². The Morgan fingerprint density at radius 2 is 1.82 bits per heavy atom. The number of rotatable bonds is 5. The molecule has 3 aliphatic rings. The van der Waals surface area contributed by atoms with Crippen molar-refractivity contribution in [3.8, 4) is 5.75 Å². The lowest BCUT2D eigenvalue weighted by Gasteiger charge is -2.28. The number of benzene rings is 2. The number of non-ortho nitro benzene ring substituents is 1. The average Bonchev–Trinajstić information content (AvgIpc) is 3.45. The van der Waals surface area contributed by atoms with Crippen molar-refractivity contribution in [3.63, 3.8) is 0 Å². The summed E-state index contributed by atoms with van der Waals surface area (Å²) in [7, 11) is 1.32. The molecule has 0 aromatic heterocycles. The number of anilines is 1. The summed E-state index contributed by atoms with van der Waals surface area (Å²) in [5, 5.41) is 11.6. The Morgan fingerprint density at radius 1 is 1.12 bits per heavy atom. The van der Waals surface area contributed by atoms with E-state index in [0.717, 1.165) is 17.7 Å². The number of carbonyl (C=O) groups is 3. The number of hydrogen-bond acceptors (Lipinski definition) is 7. The fourth-order valence-corrected chi connectivity index (χ4v) is 5.63. The van der Waals surface area contributed by atoms with Crippen LogP contribution in [0.25, 0.3) is 0 Å². The monoisotopic (exact) mass is 469 g/mol. The first kappa shape index (κ1) is 21.5. The second-order valence-electron chi connectivity index (χ2n) is 8.44. The number of halogens is 1. The van der Waals surface area contributed by atoms with Crippen LogP contribution >= 0.6 is 11.6 Å². The highest BCUT2D eigenvalue weighted by Gasteiger charge is 2.65. The van der Waals surface area contributed by atoms with Gasteiger partial charge in [-0.1, -0.05) is 11.6 Å². The molecule has 9 nitrogen and oxygen atoms in total. The van der Waals surface area contributed by atoms with Crippen molar-refractivity contribution in [1.82, 2.24) is 4.90 Å². The van der Waals surface area contributed by atoms with Crippen LogP contribution in [0.2, 0.25) is 5.02 Å². The third-order valence-corrected chi connectivity index (χ3v) is 7.12. The fourth-order valence-electron chi connectivity index (χ4n) is 5.50. The molecular formula is C23H20ClN3O6. The second kappa shape index (κ2) is 7.93. The number of ketones is 1. The minimum Gasteiger partial charge on any atom is -0.494 e. The number of carbonyl (C=O) groups excluding carboxylic acids is 3. The fraction of sp³-hybridized carbons (Fsp3) is 0.348. The first-order valence-corrected chi connectivity index (χ1v) is 11.0. The summed E-state index contributed by atoms with van der Waals surface area (Å²) in [6.45, 7) is 0.642. The van der Waals surface area contributed by atoms with Gasteiger partial charge in [0, 0.05) is 22.7 Å². The number of methoxy groups -OCH3 is 1. The number of nitro benzene ring substituents is 1. The van der Waals surface area contributed by atoms with Crippen molar-refractivity contribution in [2.75, 3.05) is 18.6 Å². The topological polar surface area (TPSA) is 110 Å². The second-order valence-corrected chi connectivity index (χ2v) is 8.88. The number of ether oxygens (including phenoxy) is 1. The van der Waals surface area contributed by atoms with Gasteiger partial charge in [0.25, 0.3) is 5.69 Å². The van der Waals surface area contributed by atoms with Gasteiger partial charge in [-0.2, -0.15) is 0 Å². The highest BCUT2D eigenvalue weighted by Crippen LogP contribution is 2.49. The normalized spacial score (nSPS) is 26.4. The molecule has 4 atom stereocenters. The van der Waals surface area contributed by atoms with Crippen LogP contribution in [0, 0.1) is 22.0 Å². The lowest BCUT2D eigenvalue weighted by atomic mass is 9.85. The molecule has 2 aromatic rings. The average molecular weight is 470 g/mol. The molecular weight excluding hydrogens is 450 g/mol. The SMILES string of the molecule is COc1cc([N+](=O)[O-])ccc1N1C(=O)[C@@H]2[C@H](C1=O)[C@@H](C(=O)c1ccc(Cl)cc1)N1CCC[C@H]21. The summed E-state index contributed by atoms with van der Waals surface area (Å²) in [5.74, 6) is -2.54. The summed E-state index contributed by atoms with van der Waals surface area (Å²) in [6, 6.07) is 9.29. The van der Waals surface area contributed by atoms with Crippen LogP contribution in [0.3, 0.4) is 0 Å². The van der Waals surface area contributed by atoms with Crippen molar-refractivity contribution in [1.29, 1.82) is 0 Å². The minimum absolute atomic E-state index is 0.0507. The van der Waals surface area contributed by atoms with Crippen molar-refractivity contribution < 1.29 is 24.0 Å². The van der Waals surface area contributed by atoms with Crippen LogP contribution < -0.4 is 9.64 Å². The highest BCUT2D eigenvalue weighted by molar-refractivity contribution is 6.30. The predicted molar refractivity (Wildman–Crippen MR) is 118 cm³/mol. The molecule has 0 aliphatic carbocycles. The maximum absolute atomic E-state index is 13.6. The lowest BCUT2D eigenvalue weighted by Crippen LogP contribution is -2.46. The van der Waals surface area contributed by atoms with Crippen LogP contribution in [0.1, 0.15) is 23.2 Å². The van der Waals surface area contributed by atoms with Gasteiger partial charge in [-0.05, 0) is 49.7 Å². The van der Waals surface area contributed by atoms with E-state index >= 15 is 0 Å². The first-order chi connectivity index (χ1) is 15.8. The zero-order chi connectivity index (χ0) is 23.4. The molecule has 0 unspecified atom stereocenters. The summed E-state index contributed by atoms with van der Waals surface area (Å²) in [4.78, 5) is 54.3. The van der Waals surface area contributed by atoms with Gasteiger partial charge < -0.3 is 4.74 Å². The van der Waals surface area contributed by atoms with Crippen LogP contribution in [0.15, 0.2) is 42.5 Å². The van der Waals surface area contributed by atoms with Gasteiger partial charge in [0.2, 0.25) is 11.8 Å². The number of hydrogen-bond donors (Lipinski definition) is 0. The van der Waals surface area contributed by atoms with Crippen molar-refractivity contribution in [2.24, 2.45) is 11.8 Å². The van der Waals surface area contributed by atoms with E-state index in [1.807, 2.05) is 4.90 Å². The molecule has 0 N–H and O–H groups in total. The largest absolute Gasteiger partial charge is 0.494 e. The molecule has 0 radical (unpaired) electrons. The van der Waals surface area contributed by atoms with E-state index in [2.05, 4.69) is 0 Å². The van der Waals surface area contributed by atoms with E-state index in [9.17, 15) is 24.5 Å². The summed E-state index contributed by atoms with van der Waals surface area (Å²) < 4.78 is 5.27. The number of Topliss-reactive ketones (excluding diaryl/α,β-unsaturated/α-hetero) is 1. The third-order valence-electron chi connectivity index (χ3n) is 6.86. The quantitative estimate of drug-likeness (QED) is 0.286. The van der Waals surface area contributed by atoms with Crippen LogP contribution in [-0.2, 0) is 9.59 Å². The Kier molecular flexibility index (Phi) is 5.18. The Morgan fingerprint density at radius 3 is 2.48 bits per heavy atom. The molecule has 5 rings (SSSR count). The molecule has 0 spiro atoms. The van der Waals surface area contributed by atoms with Crippen LogP contribution in [0.5, 0.6) is 5.75 Å². The van der Waals surface area contributed by atoms with E-state index in [4.69, 9.17) is 16.3 Å². The van der Waals surface area contributed by atoms with Gasteiger partial charge in [-0.25, -0.2) is 4.90 Å². The highest BCUT2D eigenvalue weighted by atomic mass is 35.5. The Labute approximate surface area is 194 Å². The Balaban J connectivity index is 1.55. The lowest BCUT2D eigenvalue weighted by molar-refractivity contribution is -0.384. The number of imide groups is 1. The number of nitro groups is 1. The molecule has 3 fully saturated rings. The van der Waals surface area contributed by atoms with Crippen molar-refractivity contribution in [2.45, 2.75) is 24.9 Å². The summed E-state index contributed by atoms with van der Waals surface area (Å²) in [5.41, 5.74) is 0.365. The van der Waals surface area contributed by atoms with Crippen molar-refractivity contribution in [3.05, 3.63) is 63.2 Å². The van der Waals surface area contributed by atoms with Crippen LogP contribution in [0.4, 0.5) is 11.4 Å². The van der Waals surface area contributed by atoms with Crippen molar-refractivity contribution >= 4 is 40.6 Å². The van der Waals surface area contributed by atoms with E-state index < -0.39 is 34.6 Å². The minimum atomic E-state index is -0.828. The van der Waals surface area contributed by atoms with E-state index in [-0.39, 0.29) is 28.9 Å². The summed E-state index contributed by atoms with van der Waals surface area (Å²) in [6.07, 6.45) is 1.55. The molecule has 3 aliphatic heterocycles. The molecule has 0 bridgehead atoms. The van der Waals surface area contributed by atoms with E-state index in [1.165, 1.54) is 25.3 Å². The van der Waals surface area contributed by atoms with Crippen LogP contribution in [-0.4, -0.2) is 53.2 Å². The number of fused-ring (bicyclic) bond motifs is 3. The molecule has 10 heteroatoms. The smallest absolute Gasteiger partial charge is 0.273 e. The Hall–Kier alpha value is -3.30. The molecule has 33 heavy (non-hydrogen) atoms. The maximum Gasteiger partial charge on any atom is 0.273 e. The first-order valence-electron chi connectivity index (χ1n) is 10.6. The van der Waals surface area contributed by atoms with Gasteiger partial charge in [0.1, 0.15) is 5.75 Å². The number of amides is 2. The molecule has 3 saturated heterocycles. The molecule has 170 valence electrons. The zero-order valence-corrected chi connectivity index (χ0v) is 18.4. The van der Waals surface area contributed by atoms with Gasteiger partial charge in [-0.3, -0.25) is 29.4 Å². The standard InChI is InChI=1S/C23H20ClN3O6/c1-33-17-11-14(27(31)32)8-9-15(17)26-22(29)18-16-3-2-10-25(16)20(19(18)23(26)30)21(28)12-4-6-13(24)7-5-12/h4-9,11,16,18-20H,2-3,10H2,1H3/t16-,18+,19+,20+/m1/s1. The molecule has 0 saturated carbocycles. The van der Waals surface area contributed by atoms with Gasteiger partial charge in [0.05, 0.1) is 41.7 Å². The molecule has 2 aromatic carbocycles. The van der Waals surface area contributed by atoms with Gasteiger partial charge >= 0.3 is 0 Å². The number of nitrogens with zero attached hydrogens (tertiary/aromatic N) is 3. The predicted octanol–water partition coefficient (Wildman–Crippen LogP) is 3.09. The molecule has 3 heterocycles. The van der Waals surface area contributed by atoms with Gasteiger partial charge in [0.15, 0.2) is 5.78 Å². The van der Waals surface area contributed by atoms with E-state index in [1.54, 1.807) is 24.3 Å². The zero-order valence-electron chi connectivity index (χ0n) is 17.6. The Bertz CT molecular complexity index is 1180. The van der Waals surface area contributed by atoms with E-state index in [0.29, 0.717) is 17.1 Å². The summed E-state index contributed by atoms with van der Waals surface area (Å²) >= 11 is 5.96.